The number of nitrogens with one attached hydrogen (secondary N) is 1. The first-order valence-electron chi connectivity index (χ1n) is 5.82. The summed E-state index contributed by atoms with van der Waals surface area (Å²) in [6.45, 7) is 0.461. The number of hydrogen-bond acceptors (Lipinski definition) is 4. The Bertz CT molecular complexity index is 707. The Morgan fingerprint density at radius 1 is 1.21 bits per heavy atom. The summed E-state index contributed by atoms with van der Waals surface area (Å²) in [5.74, 6) is 0.703. The zero-order chi connectivity index (χ0) is 13.1. The predicted octanol–water partition coefficient (Wildman–Crippen LogP) is 2.35. The fourth-order valence-electron chi connectivity index (χ4n) is 1.83. The second-order valence-corrected chi connectivity index (χ2v) is 4.08. The predicted molar refractivity (Wildman–Crippen MR) is 70.1 cm³/mol. The van der Waals surface area contributed by atoms with Gasteiger partial charge in [-0.05, 0) is 35.9 Å². The van der Waals surface area contributed by atoms with Crippen molar-refractivity contribution in [3.8, 4) is 5.75 Å². The summed E-state index contributed by atoms with van der Waals surface area (Å²) in [5, 5.41) is 7.48. The van der Waals surface area contributed by atoms with Gasteiger partial charge in [0.25, 0.3) is 0 Å². The number of aromatic amines is 1. The Balaban J connectivity index is 1.83. The van der Waals surface area contributed by atoms with E-state index in [9.17, 15) is 4.79 Å². The van der Waals surface area contributed by atoms with Gasteiger partial charge in [-0.2, -0.15) is 5.10 Å². The molecule has 5 heteroatoms. The molecule has 0 aliphatic carbocycles. The van der Waals surface area contributed by atoms with E-state index in [1.165, 1.54) is 0 Å². The molecular weight excluding hydrogens is 242 g/mol. The van der Waals surface area contributed by atoms with Crippen molar-refractivity contribution in [2.45, 2.75) is 6.61 Å². The summed E-state index contributed by atoms with van der Waals surface area (Å²) < 4.78 is 5.68. The lowest BCUT2D eigenvalue weighted by Crippen LogP contribution is -1.95. The first-order valence-corrected chi connectivity index (χ1v) is 5.82. The lowest BCUT2D eigenvalue weighted by molar-refractivity contribution is 0.112. The number of fused-ring (bicyclic) bond motifs is 1. The molecule has 0 atom stereocenters. The fraction of sp³-hybridized carbons (Fsp3) is 0.0714. The minimum atomic E-state index is 0.461. The van der Waals surface area contributed by atoms with Crippen molar-refractivity contribution in [1.29, 1.82) is 0 Å². The molecule has 0 aliphatic heterocycles. The number of hydrogen-bond donors (Lipinski definition) is 1. The van der Waals surface area contributed by atoms with Crippen molar-refractivity contribution < 1.29 is 9.53 Å². The Labute approximate surface area is 109 Å². The summed E-state index contributed by atoms with van der Waals surface area (Å²) >= 11 is 0. The Hall–Kier alpha value is -2.69. The highest BCUT2D eigenvalue weighted by molar-refractivity contribution is 5.95. The van der Waals surface area contributed by atoms with E-state index in [1.54, 1.807) is 12.4 Å². The van der Waals surface area contributed by atoms with E-state index in [2.05, 4.69) is 15.2 Å². The number of carbonyl (C=O) groups is 1. The second kappa shape index (κ2) is 4.89. The zero-order valence-corrected chi connectivity index (χ0v) is 10.0. The average molecular weight is 253 g/mol. The first-order chi connectivity index (χ1) is 9.36. The molecule has 2 aromatic heterocycles. The Morgan fingerprint density at radius 3 is 2.84 bits per heavy atom. The normalized spacial score (nSPS) is 10.5. The van der Waals surface area contributed by atoms with Gasteiger partial charge in [0.15, 0.2) is 6.29 Å². The van der Waals surface area contributed by atoms with Gasteiger partial charge in [-0.15, -0.1) is 0 Å². The van der Waals surface area contributed by atoms with E-state index in [1.807, 2.05) is 30.3 Å². The van der Waals surface area contributed by atoms with Crippen molar-refractivity contribution >= 4 is 17.2 Å². The number of ether oxygens (including phenoxy) is 1. The number of rotatable bonds is 4. The number of H-pyrrole nitrogens is 1. The summed E-state index contributed by atoms with van der Waals surface area (Å²) in [4.78, 5) is 14.8. The molecular formula is C14H11N3O2. The van der Waals surface area contributed by atoms with Crippen molar-refractivity contribution in [2.75, 3.05) is 0 Å². The largest absolute Gasteiger partial charge is 0.489 e. The van der Waals surface area contributed by atoms with Crippen LogP contribution in [0.2, 0.25) is 0 Å². The van der Waals surface area contributed by atoms with Crippen LogP contribution in [0.1, 0.15) is 16.1 Å². The van der Waals surface area contributed by atoms with Crippen LogP contribution in [0.25, 0.3) is 10.9 Å². The maximum Gasteiger partial charge on any atom is 0.168 e. The van der Waals surface area contributed by atoms with Gasteiger partial charge in [-0.3, -0.25) is 14.9 Å². The average Bonchev–Trinajstić information content (AvgIpc) is 2.88. The number of nitrogens with zero attached hydrogens (tertiary/aromatic N) is 2. The van der Waals surface area contributed by atoms with Crippen molar-refractivity contribution in [3.63, 3.8) is 0 Å². The Kier molecular flexibility index (Phi) is 2.94. The molecule has 0 saturated carbocycles. The minimum Gasteiger partial charge on any atom is -0.489 e. The third-order valence-corrected chi connectivity index (χ3v) is 2.83. The summed E-state index contributed by atoms with van der Waals surface area (Å²) in [5.41, 5.74) is 2.25. The quantitative estimate of drug-likeness (QED) is 0.725. The maximum atomic E-state index is 10.9. The summed E-state index contributed by atoms with van der Waals surface area (Å²) in [6, 6.07) is 9.25. The molecule has 94 valence electrons. The van der Waals surface area contributed by atoms with Gasteiger partial charge < -0.3 is 4.74 Å². The third-order valence-electron chi connectivity index (χ3n) is 2.83. The van der Waals surface area contributed by atoms with Crippen molar-refractivity contribution in [1.82, 2.24) is 15.2 Å². The fourth-order valence-corrected chi connectivity index (χ4v) is 1.83. The van der Waals surface area contributed by atoms with Crippen LogP contribution in [0.15, 0.2) is 42.7 Å². The third kappa shape index (κ3) is 2.30. The maximum absolute atomic E-state index is 10.9. The molecule has 0 amide bonds. The van der Waals surface area contributed by atoms with E-state index in [0.717, 1.165) is 22.8 Å². The van der Waals surface area contributed by atoms with Crippen LogP contribution < -0.4 is 4.74 Å². The van der Waals surface area contributed by atoms with Crippen LogP contribution in [0.4, 0.5) is 0 Å². The second-order valence-electron chi connectivity index (χ2n) is 4.08. The monoisotopic (exact) mass is 253 g/mol. The van der Waals surface area contributed by atoms with Gasteiger partial charge in [-0.25, -0.2) is 0 Å². The standard InChI is InChI=1S/C14H11N3O2/c18-8-14-12-7-11(1-2-13(12)16-17-14)19-9-10-3-5-15-6-4-10/h1-8H,9H2,(H,16,17). The molecule has 19 heavy (non-hydrogen) atoms. The van der Waals surface area contributed by atoms with Crippen LogP contribution in [-0.4, -0.2) is 21.5 Å². The summed E-state index contributed by atoms with van der Waals surface area (Å²) in [7, 11) is 0. The highest BCUT2D eigenvalue weighted by Gasteiger charge is 2.05. The summed E-state index contributed by atoms with van der Waals surface area (Å²) in [6.07, 6.45) is 4.20. The molecule has 0 spiro atoms. The molecule has 0 aliphatic rings. The molecule has 0 radical (unpaired) electrons. The SMILES string of the molecule is O=Cc1[nH]nc2ccc(OCc3ccncc3)cc12. The van der Waals surface area contributed by atoms with E-state index in [0.29, 0.717) is 18.1 Å². The minimum absolute atomic E-state index is 0.461. The zero-order valence-electron chi connectivity index (χ0n) is 10.0. The molecule has 0 unspecified atom stereocenters. The first kappa shape index (κ1) is 11.4. The molecule has 0 bridgehead atoms. The van der Waals surface area contributed by atoms with Crippen LogP contribution >= 0.6 is 0 Å². The molecule has 2 heterocycles. The number of benzene rings is 1. The van der Waals surface area contributed by atoms with Gasteiger partial charge in [0, 0.05) is 17.8 Å². The number of carbonyl (C=O) groups excluding carboxylic acids is 1. The molecule has 0 saturated heterocycles. The number of aldehydes is 1. The molecule has 0 fully saturated rings. The van der Waals surface area contributed by atoms with Gasteiger partial charge in [-0.1, -0.05) is 0 Å². The highest BCUT2D eigenvalue weighted by Crippen LogP contribution is 2.22. The molecule has 5 nitrogen and oxygen atoms in total. The molecule has 1 N–H and O–H groups in total. The van der Waals surface area contributed by atoms with Crippen LogP contribution in [0, 0.1) is 0 Å². The lowest BCUT2D eigenvalue weighted by atomic mass is 10.2. The van der Waals surface area contributed by atoms with Crippen LogP contribution in [0.5, 0.6) is 5.75 Å². The Morgan fingerprint density at radius 2 is 2.05 bits per heavy atom. The molecule has 3 aromatic rings. The molecule has 3 rings (SSSR count). The number of pyridine rings is 1. The van der Waals surface area contributed by atoms with E-state index < -0.39 is 0 Å². The van der Waals surface area contributed by atoms with Crippen LogP contribution in [-0.2, 0) is 6.61 Å². The smallest absolute Gasteiger partial charge is 0.168 e. The molecule has 1 aromatic carbocycles. The van der Waals surface area contributed by atoms with Gasteiger partial charge >= 0.3 is 0 Å². The van der Waals surface area contributed by atoms with Gasteiger partial charge in [0.1, 0.15) is 18.1 Å². The number of aromatic nitrogens is 3. The van der Waals surface area contributed by atoms with Crippen molar-refractivity contribution in [3.05, 3.63) is 54.0 Å². The highest BCUT2D eigenvalue weighted by atomic mass is 16.5. The van der Waals surface area contributed by atoms with Gasteiger partial charge in [0.2, 0.25) is 0 Å². The van der Waals surface area contributed by atoms with Crippen LogP contribution in [0.3, 0.4) is 0 Å². The van der Waals surface area contributed by atoms with E-state index >= 15 is 0 Å². The van der Waals surface area contributed by atoms with E-state index in [-0.39, 0.29) is 0 Å². The van der Waals surface area contributed by atoms with E-state index in [4.69, 9.17) is 4.74 Å². The topological polar surface area (TPSA) is 67.9 Å². The lowest BCUT2D eigenvalue weighted by Gasteiger charge is -2.05. The van der Waals surface area contributed by atoms with Gasteiger partial charge in [0.05, 0.1) is 5.52 Å². The van der Waals surface area contributed by atoms with Crippen molar-refractivity contribution in [2.24, 2.45) is 0 Å².